The number of amides is 1. The largest absolute Gasteiger partial charge is 0.380 e. The molecule has 0 bridgehead atoms. The number of piperidine rings is 1. The third kappa shape index (κ3) is 3.37. The van der Waals surface area contributed by atoms with Gasteiger partial charge >= 0.3 is 0 Å². The Morgan fingerprint density at radius 2 is 1.79 bits per heavy atom. The lowest BCUT2D eigenvalue weighted by atomic mass is 9.77. The first-order valence-corrected chi connectivity index (χ1v) is 11.7. The Bertz CT molecular complexity index is 1250. The summed E-state index contributed by atoms with van der Waals surface area (Å²) in [7, 11) is 3.55. The second-order valence-electron chi connectivity index (χ2n) is 9.58. The number of aryl methyl sites for hydroxylation is 2. The van der Waals surface area contributed by atoms with E-state index in [-0.39, 0.29) is 22.8 Å². The van der Waals surface area contributed by atoms with Gasteiger partial charge in [0.05, 0.1) is 32.6 Å². The van der Waals surface area contributed by atoms with E-state index >= 15 is 4.39 Å². The topological polar surface area (TPSA) is 90.5 Å². The first-order valence-electron chi connectivity index (χ1n) is 11.7. The van der Waals surface area contributed by atoms with E-state index in [1.165, 1.54) is 0 Å². The van der Waals surface area contributed by atoms with Crippen LogP contribution in [-0.2, 0) is 23.6 Å². The van der Waals surface area contributed by atoms with Gasteiger partial charge in [-0.15, -0.1) is 0 Å². The molecule has 1 amide bonds. The number of rotatable bonds is 3. The van der Waals surface area contributed by atoms with Crippen molar-refractivity contribution in [1.82, 2.24) is 29.2 Å². The standard InChI is InChI=1S/C23H28FN7O3/c1-28-12-15(11-25-28)17-16(24)19(30-7-9-33-10-8-30)18-20(26-17)29(2)21(27-18)22(32)31-5-3-23(4-6-31)13-34-14-23/h11-12H,3-10,13-14H2,1-2H3. The lowest BCUT2D eigenvalue weighted by Crippen LogP contribution is -2.52. The number of anilines is 1. The SMILES string of the molecule is Cn1cc(-c2nc3c(nc(C(=O)N4CCC5(CC4)COC5)n3C)c(N3CCOCC3)c2F)cn1. The zero-order valence-electron chi connectivity index (χ0n) is 19.5. The fourth-order valence-electron chi connectivity index (χ4n) is 5.15. The van der Waals surface area contributed by atoms with Gasteiger partial charge in [0, 0.05) is 57.4 Å². The summed E-state index contributed by atoms with van der Waals surface area (Å²) in [6.07, 6.45) is 5.19. The fourth-order valence-corrected chi connectivity index (χ4v) is 5.15. The van der Waals surface area contributed by atoms with Gasteiger partial charge in [-0.05, 0) is 12.8 Å². The van der Waals surface area contributed by atoms with E-state index in [1.54, 1.807) is 35.7 Å². The van der Waals surface area contributed by atoms with Crippen molar-refractivity contribution >= 4 is 22.8 Å². The first kappa shape index (κ1) is 21.5. The van der Waals surface area contributed by atoms with Crippen LogP contribution in [0, 0.1) is 11.2 Å². The third-order valence-corrected chi connectivity index (χ3v) is 7.35. The molecule has 3 aromatic heterocycles. The zero-order chi connectivity index (χ0) is 23.4. The highest BCUT2D eigenvalue weighted by Crippen LogP contribution is 2.39. The number of fused-ring (bicyclic) bond motifs is 1. The summed E-state index contributed by atoms with van der Waals surface area (Å²) < 4.78 is 30.2. The third-order valence-electron chi connectivity index (χ3n) is 7.35. The van der Waals surface area contributed by atoms with E-state index in [0.29, 0.717) is 61.8 Å². The van der Waals surface area contributed by atoms with Crippen molar-refractivity contribution in [3.8, 4) is 11.3 Å². The van der Waals surface area contributed by atoms with E-state index in [0.717, 1.165) is 26.1 Å². The Morgan fingerprint density at radius 3 is 2.41 bits per heavy atom. The van der Waals surface area contributed by atoms with Gasteiger partial charge in [-0.2, -0.15) is 5.10 Å². The van der Waals surface area contributed by atoms with Gasteiger partial charge in [0.2, 0.25) is 5.82 Å². The Kier molecular flexibility index (Phi) is 5.07. The number of ether oxygens (including phenoxy) is 2. The Balaban J connectivity index is 1.43. The highest BCUT2D eigenvalue weighted by molar-refractivity contribution is 5.98. The van der Waals surface area contributed by atoms with Gasteiger partial charge in [0.1, 0.15) is 16.9 Å². The van der Waals surface area contributed by atoms with Gasteiger partial charge in [-0.25, -0.2) is 14.4 Å². The highest BCUT2D eigenvalue weighted by Gasteiger charge is 2.42. The van der Waals surface area contributed by atoms with Gasteiger partial charge < -0.3 is 23.8 Å². The van der Waals surface area contributed by atoms with Crippen LogP contribution in [0.1, 0.15) is 23.5 Å². The van der Waals surface area contributed by atoms with E-state index in [2.05, 4.69) is 15.1 Å². The minimum atomic E-state index is -0.454. The molecule has 6 heterocycles. The minimum Gasteiger partial charge on any atom is -0.380 e. The molecule has 34 heavy (non-hydrogen) atoms. The summed E-state index contributed by atoms with van der Waals surface area (Å²) in [6, 6.07) is 0. The lowest BCUT2D eigenvalue weighted by molar-refractivity contribution is -0.136. The summed E-state index contributed by atoms with van der Waals surface area (Å²) in [4.78, 5) is 26.6. The Hall–Kier alpha value is -3.05. The van der Waals surface area contributed by atoms with Crippen LogP contribution in [0.15, 0.2) is 12.4 Å². The van der Waals surface area contributed by atoms with Crippen LogP contribution in [0.4, 0.5) is 10.1 Å². The molecule has 0 radical (unpaired) electrons. The molecule has 3 aliphatic rings. The number of imidazole rings is 1. The number of halogens is 1. The van der Waals surface area contributed by atoms with Crippen molar-refractivity contribution in [1.29, 1.82) is 0 Å². The molecular formula is C23H28FN7O3. The minimum absolute atomic E-state index is 0.146. The van der Waals surface area contributed by atoms with Crippen molar-refractivity contribution in [3.05, 3.63) is 24.0 Å². The maximum absolute atomic E-state index is 16.0. The number of hydrogen-bond donors (Lipinski definition) is 0. The van der Waals surface area contributed by atoms with E-state index in [4.69, 9.17) is 9.47 Å². The van der Waals surface area contributed by atoms with Crippen LogP contribution >= 0.6 is 0 Å². The second-order valence-corrected chi connectivity index (χ2v) is 9.58. The average molecular weight is 470 g/mol. The lowest BCUT2D eigenvalue weighted by Gasteiger charge is -2.47. The molecule has 0 aromatic carbocycles. The van der Waals surface area contributed by atoms with E-state index < -0.39 is 5.82 Å². The molecule has 3 aromatic rings. The molecular weight excluding hydrogens is 441 g/mol. The van der Waals surface area contributed by atoms with Crippen LogP contribution in [0.3, 0.4) is 0 Å². The molecule has 0 aliphatic carbocycles. The quantitative estimate of drug-likeness (QED) is 0.576. The normalized spacial score (nSPS) is 20.2. The van der Waals surface area contributed by atoms with Gasteiger partial charge in [-0.1, -0.05) is 0 Å². The molecule has 0 N–H and O–H groups in total. The molecule has 0 atom stereocenters. The number of nitrogens with zero attached hydrogens (tertiary/aromatic N) is 7. The van der Waals surface area contributed by atoms with Crippen LogP contribution in [0.2, 0.25) is 0 Å². The Labute approximate surface area is 196 Å². The number of morpholine rings is 1. The van der Waals surface area contributed by atoms with Crippen molar-refractivity contribution in [3.63, 3.8) is 0 Å². The Morgan fingerprint density at radius 1 is 1.06 bits per heavy atom. The number of aromatic nitrogens is 5. The van der Waals surface area contributed by atoms with Crippen LogP contribution < -0.4 is 4.90 Å². The molecule has 3 saturated heterocycles. The van der Waals surface area contributed by atoms with E-state index in [1.807, 2.05) is 9.80 Å². The average Bonchev–Trinajstić information content (AvgIpc) is 3.40. The van der Waals surface area contributed by atoms with Crippen molar-refractivity contribution in [2.45, 2.75) is 12.8 Å². The molecule has 10 nitrogen and oxygen atoms in total. The fraction of sp³-hybridized carbons (Fsp3) is 0.565. The number of likely N-dealkylation sites (tertiary alicyclic amines) is 1. The summed E-state index contributed by atoms with van der Waals surface area (Å²) in [5.74, 6) is -0.322. The molecule has 180 valence electrons. The zero-order valence-corrected chi connectivity index (χ0v) is 19.5. The van der Waals surface area contributed by atoms with Crippen molar-refractivity contribution in [2.24, 2.45) is 19.5 Å². The number of carbonyl (C=O) groups is 1. The van der Waals surface area contributed by atoms with Crippen molar-refractivity contribution in [2.75, 3.05) is 57.5 Å². The van der Waals surface area contributed by atoms with Gasteiger partial charge in [0.25, 0.3) is 5.91 Å². The summed E-state index contributed by atoms with van der Waals surface area (Å²) in [6.45, 7) is 4.99. The smallest absolute Gasteiger partial charge is 0.289 e. The molecule has 1 spiro atoms. The molecule has 11 heteroatoms. The summed E-state index contributed by atoms with van der Waals surface area (Å²) in [5, 5.41) is 4.18. The van der Waals surface area contributed by atoms with E-state index in [9.17, 15) is 4.79 Å². The number of pyridine rings is 1. The number of hydrogen-bond acceptors (Lipinski definition) is 7. The molecule has 0 unspecified atom stereocenters. The molecule has 0 saturated carbocycles. The summed E-state index contributed by atoms with van der Waals surface area (Å²) >= 11 is 0. The molecule has 3 fully saturated rings. The molecule has 6 rings (SSSR count). The summed E-state index contributed by atoms with van der Waals surface area (Å²) in [5.41, 5.74) is 2.26. The van der Waals surface area contributed by atoms with Crippen LogP contribution in [-0.4, -0.2) is 87.7 Å². The number of carbonyl (C=O) groups excluding carboxylic acids is 1. The maximum Gasteiger partial charge on any atom is 0.289 e. The second kappa shape index (κ2) is 8.02. The first-order chi connectivity index (χ1) is 16.5. The van der Waals surface area contributed by atoms with Gasteiger partial charge in [0.15, 0.2) is 11.5 Å². The van der Waals surface area contributed by atoms with Crippen LogP contribution in [0.25, 0.3) is 22.4 Å². The maximum atomic E-state index is 16.0. The predicted octanol–water partition coefficient (Wildman–Crippen LogP) is 1.60. The predicted molar refractivity (Wildman–Crippen MR) is 122 cm³/mol. The van der Waals surface area contributed by atoms with Crippen molar-refractivity contribution < 1.29 is 18.7 Å². The highest BCUT2D eigenvalue weighted by atomic mass is 19.1. The monoisotopic (exact) mass is 469 g/mol. The van der Waals surface area contributed by atoms with Crippen LogP contribution in [0.5, 0.6) is 0 Å². The van der Waals surface area contributed by atoms with Gasteiger partial charge in [-0.3, -0.25) is 9.48 Å². The molecule has 3 aliphatic heterocycles.